The summed E-state index contributed by atoms with van der Waals surface area (Å²) in [7, 11) is 0. The van der Waals surface area contributed by atoms with Crippen molar-refractivity contribution in [2.24, 2.45) is 0 Å². The van der Waals surface area contributed by atoms with Gasteiger partial charge in [-0.2, -0.15) is 4.98 Å². The Bertz CT molecular complexity index is 1080. The SMILES string of the molecule is CCOC(Cc1ccc(OCCn2c(-c3ccccc3)cc(=O)nc2CC)cc1)C(=O)O. The molecule has 2 aromatic carbocycles. The summed E-state index contributed by atoms with van der Waals surface area (Å²) in [5.74, 6) is 0.430. The summed E-state index contributed by atoms with van der Waals surface area (Å²) >= 11 is 0. The fraction of sp³-hybridized carbons (Fsp3) is 0.320. The zero-order chi connectivity index (χ0) is 22.9. The Kier molecular flexibility index (Phi) is 8.16. The normalized spacial score (nSPS) is 11.8. The van der Waals surface area contributed by atoms with Crippen molar-refractivity contribution in [1.82, 2.24) is 9.55 Å². The van der Waals surface area contributed by atoms with Gasteiger partial charge in [0.25, 0.3) is 5.56 Å². The molecule has 168 valence electrons. The van der Waals surface area contributed by atoms with Crippen LogP contribution in [0.15, 0.2) is 65.5 Å². The molecule has 0 bridgehead atoms. The number of ether oxygens (including phenoxy) is 2. The molecule has 7 heteroatoms. The van der Waals surface area contributed by atoms with E-state index in [1.165, 1.54) is 0 Å². The van der Waals surface area contributed by atoms with Gasteiger partial charge in [0.1, 0.15) is 18.2 Å². The van der Waals surface area contributed by atoms with Crippen molar-refractivity contribution in [3.63, 3.8) is 0 Å². The van der Waals surface area contributed by atoms with E-state index in [1.807, 2.05) is 66.1 Å². The number of benzene rings is 2. The molecular weight excluding hydrogens is 408 g/mol. The van der Waals surface area contributed by atoms with E-state index in [0.717, 1.165) is 16.8 Å². The third-order valence-electron chi connectivity index (χ3n) is 5.06. The van der Waals surface area contributed by atoms with Gasteiger partial charge in [-0.05, 0) is 30.2 Å². The van der Waals surface area contributed by atoms with Gasteiger partial charge in [-0.3, -0.25) is 4.79 Å². The molecule has 0 saturated heterocycles. The van der Waals surface area contributed by atoms with Gasteiger partial charge in [0.05, 0.1) is 12.2 Å². The van der Waals surface area contributed by atoms with Crippen LogP contribution in [-0.4, -0.2) is 39.9 Å². The van der Waals surface area contributed by atoms with Crippen LogP contribution in [-0.2, 0) is 28.9 Å². The fourth-order valence-corrected chi connectivity index (χ4v) is 3.53. The van der Waals surface area contributed by atoms with Crippen LogP contribution in [0.2, 0.25) is 0 Å². The first kappa shape index (κ1) is 23.2. The lowest BCUT2D eigenvalue weighted by Crippen LogP contribution is -2.26. The average Bonchev–Trinajstić information content (AvgIpc) is 2.80. The van der Waals surface area contributed by atoms with E-state index in [9.17, 15) is 14.7 Å². The molecule has 0 amide bonds. The standard InChI is InChI=1S/C25H28N2O5/c1-3-23-26-24(28)17-21(19-8-6-5-7-9-19)27(23)14-15-32-20-12-10-18(11-13-20)16-22(25(29)30)31-4-2/h5-13,17,22H,3-4,14-16H2,1-2H3,(H,29,30). The van der Waals surface area contributed by atoms with E-state index in [0.29, 0.717) is 44.2 Å². The Hall–Kier alpha value is -3.45. The first-order valence-electron chi connectivity index (χ1n) is 10.7. The van der Waals surface area contributed by atoms with Crippen LogP contribution >= 0.6 is 0 Å². The summed E-state index contributed by atoms with van der Waals surface area (Å²) in [5, 5.41) is 9.23. The Balaban J connectivity index is 1.69. The smallest absolute Gasteiger partial charge is 0.333 e. The second kappa shape index (κ2) is 11.2. The number of carboxylic acid groups (broad SMARTS) is 1. The van der Waals surface area contributed by atoms with Gasteiger partial charge >= 0.3 is 5.97 Å². The van der Waals surface area contributed by atoms with E-state index in [-0.39, 0.29) is 5.56 Å². The lowest BCUT2D eigenvalue weighted by molar-refractivity contribution is -0.149. The van der Waals surface area contributed by atoms with Gasteiger partial charge in [-0.25, -0.2) is 4.79 Å². The minimum Gasteiger partial charge on any atom is -0.492 e. The number of aliphatic carboxylic acids is 1. The Morgan fingerprint density at radius 1 is 1.09 bits per heavy atom. The monoisotopic (exact) mass is 436 g/mol. The number of aromatic nitrogens is 2. The molecule has 1 atom stereocenters. The third kappa shape index (κ3) is 6.04. The van der Waals surface area contributed by atoms with Crippen molar-refractivity contribution in [2.45, 2.75) is 39.3 Å². The maximum absolute atomic E-state index is 12.1. The van der Waals surface area contributed by atoms with Crippen molar-refractivity contribution in [3.8, 4) is 17.0 Å². The molecule has 0 fully saturated rings. The van der Waals surface area contributed by atoms with Crippen LogP contribution < -0.4 is 10.3 Å². The summed E-state index contributed by atoms with van der Waals surface area (Å²) in [5.41, 5.74) is 2.38. The molecule has 3 aromatic rings. The highest BCUT2D eigenvalue weighted by atomic mass is 16.5. The van der Waals surface area contributed by atoms with Crippen LogP contribution in [0.25, 0.3) is 11.3 Å². The highest BCUT2D eigenvalue weighted by Gasteiger charge is 2.18. The van der Waals surface area contributed by atoms with Crippen molar-refractivity contribution >= 4 is 5.97 Å². The maximum Gasteiger partial charge on any atom is 0.333 e. The minimum atomic E-state index is -0.970. The molecule has 0 saturated carbocycles. The zero-order valence-corrected chi connectivity index (χ0v) is 18.4. The second-order valence-electron chi connectivity index (χ2n) is 7.25. The topological polar surface area (TPSA) is 90.7 Å². The minimum absolute atomic E-state index is 0.250. The number of carboxylic acids is 1. The second-order valence-corrected chi connectivity index (χ2v) is 7.25. The quantitative estimate of drug-likeness (QED) is 0.494. The Morgan fingerprint density at radius 2 is 1.81 bits per heavy atom. The first-order valence-corrected chi connectivity index (χ1v) is 10.7. The third-order valence-corrected chi connectivity index (χ3v) is 5.06. The molecule has 1 unspecified atom stereocenters. The first-order chi connectivity index (χ1) is 15.5. The molecule has 0 aliphatic heterocycles. The number of aryl methyl sites for hydroxylation is 1. The summed E-state index contributed by atoms with van der Waals surface area (Å²) in [6, 6.07) is 18.6. The van der Waals surface area contributed by atoms with Crippen molar-refractivity contribution < 1.29 is 19.4 Å². The van der Waals surface area contributed by atoms with Crippen LogP contribution in [0, 0.1) is 0 Å². The summed E-state index contributed by atoms with van der Waals surface area (Å²) in [6.07, 6.45) is 0.0747. The van der Waals surface area contributed by atoms with Gasteiger partial charge in [0.2, 0.25) is 0 Å². The summed E-state index contributed by atoms with van der Waals surface area (Å²) in [4.78, 5) is 27.5. The molecule has 1 heterocycles. The fourth-order valence-electron chi connectivity index (χ4n) is 3.53. The summed E-state index contributed by atoms with van der Waals surface area (Å²) < 4.78 is 13.2. The van der Waals surface area contributed by atoms with E-state index in [2.05, 4.69) is 4.98 Å². The number of rotatable bonds is 11. The van der Waals surface area contributed by atoms with Gasteiger partial charge in [-0.15, -0.1) is 0 Å². The number of hydrogen-bond acceptors (Lipinski definition) is 5. The number of hydrogen-bond donors (Lipinski definition) is 1. The van der Waals surface area contributed by atoms with E-state index >= 15 is 0 Å². The van der Waals surface area contributed by atoms with Gasteiger partial charge in [0.15, 0.2) is 6.10 Å². The molecule has 0 radical (unpaired) electrons. The van der Waals surface area contributed by atoms with Gasteiger partial charge in [-0.1, -0.05) is 49.4 Å². The van der Waals surface area contributed by atoms with Crippen LogP contribution in [0.4, 0.5) is 0 Å². The molecule has 0 aliphatic rings. The lowest BCUT2D eigenvalue weighted by atomic mass is 10.1. The lowest BCUT2D eigenvalue weighted by Gasteiger charge is -2.18. The average molecular weight is 437 g/mol. The molecule has 1 aromatic heterocycles. The van der Waals surface area contributed by atoms with Crippen molar-refractivity contribution in [1.29, 1.82) is 0 Å². The molecule has 1 N–H and O–H groups in total. The molecular formula is C25H28N2O5. The van der Waals surface area contributed by atoms with Crippen molar-refractivity contribution in [3.05, 3.63) is 82.4 Å². The zero-order valence-electron chi connectivity index (χ0n) is 18.4. The molecule has 7 nitrogen and oxygen atoms in total. The predicted octanol–water partition coefficient (Wildman–Crippen LogP) is 3.58. The van der Waals surface area contributed by atoms with E-state index in [4.69, 9.17) is 9.47 Å². The highest BCUT2D eigenvalue weighted by Crippen LogP contribution is 2.20. The van der Waals surface area contributed by atoms with Crippen molar-refractivity contribution in [2.75, 3.05) is 13.2 Å². The van der Waals surface area contributed by atoms with Gasteiger partial charge < -0.3 is 19.1 Å². The van der Waals surface area contributed by atoms with Crippen LogP contribution in [0.1, 0.15) is 25.2 Å². The van der Waals surface area contributed by atoms with E-state index < -0.39 is 12.1 Å². The van der Waals surface area contributed by atoms with Gasteiger partial charge in [0, 0.05) is 25.5 Å². The van der Waals surface area contributed by atoms with Crippen LogP contribution in [0.5, 0.6) is 5.75 Å². The highest BCUT2D eigenvalue weighted by molar-refractivity contribution is 5.72. The molecule has 0 aliphatic carbocycles. The number of carbonyl (C=O) groups is 1. The molecule has 3 rings (SSSR count). The van der Waals surface area contributed by atoms with E-state index in [1.54, 1.807) is 13.0 Å². The Labute approximate surface area is 187 Å². The predicted molar refractivity (Wildman–Crippen MR) is 122 cm³/mol. The summed E-state index contributed by atoms with van der Waals surface area (Å²) in [6.45, 7) is 5.03. The number of nitrogens with zero attached hydrogens (tertiary/aromatic N) is 2. The largest absolute Gasteiger partial charge is 0.492 e. The molecule has 32 heavy (non-hydrogen) atoms. The molecule has 0 spiro atoms. The maximum atomic E-state index is 12.1. The Morgan fingerprint density at radius 3 is 2.44 bits per heavy atom. The van der Waals surface area contributed by atoms with Crippen LogP contribution in [0.3, 0.4) is 0 Å².